The Labute approximate surface area is 153 Å². The van der Waals surface area contributed by atoms with Gasteiger partial charge in [-0.25, -0.2) is 4.98 Å². The van der Waals surface area contributed by atoms with Crippen molar-refractivity contribution in [1.82, 2.24) is 29.1 Å². The number of hydrogen-bond acceptors (Lipinski definition) is 4. The molecule has 0 radical (unpaired) electrons. The number of rotatable bonds is 4. The fourth-order valence-corrected chi connectivity index (χ4v) is 3.53. The molecule has 0 atom stereocenters. The van der Waals surface area contributed by atoms with Crippen LogP contribution in [0.5, 0.6) is 0 Å². The fourth-order valence-electron chi connectivity index (χ4n) is 3.32. The first kappa shape index (κ1) is 17.9. The van der Waals surface area contributed by atoms with Gasteiger partial charge in [-0.1, -0.05) is 18.5 Å². The van der Waals surface area contributed by atoms with E-state index in [1.54, 1.807) is 21.8 Å². The first-order valence-corrected chi connectivity index (χ1v) is 9.07. The zero-order valence-electron chi connectivity index (χ0n) is 15.1. The molecule has 0 bridgehead atoms. The molecule has 0 saturated carbocycles. The number of hydrogen-bond donors (Lipinski definition) is 0. The Kier molecular flexibility index (Phi) is 5.44. The second kappa shape index (κ2) is 7.58. The van der Waals surface area contributed by atoms with Gasteiger partial charge in [-0.15, -0.1) is 0 Å². The summed E-state index contributed by atoms with van der Waals surface area (Å²) in [6.45, 7) is 6.13. The zero-order valence-corrected chi connectivity index (χ0v) is 15.8. The van der Waals surface area contributed by atoms with Gasteiger partial charge >= 0.3 is 0 Å². The molecule has 1 saturated heterocycles. The maximum atomic E-state index is 12.7. The quantitative estimate of drug-likeness (QED) is 0.828. The molecule has 7 nitrogen and oxygen atoms in total. The molecule has 3 heterocycles. The van der Waals surface area contributed by atoms with E-state index < -0.39 is 0 Å². The number of halogens is 1. The highest BCUT2D eigenvalue weighted by Gasteiger charge is 2.23. The van der Waals surface area contributed by atoms with E-state index in [1.165, 1.54) is 0 Å². The van der Waals surface area contributed by atoms with Gasteiger partial charge in [0.15, 0.2) is 0 Å². The van der Waals surface area contributed by atoms with Crippen LogP contribution in [0.2, 0.25) is 5.15 Å². The molecule has 0 spiro atoms. The number of amides is 1. The molecular formula is C17H25ClN6O. The SMILES string of the molecule is CCc1nn(C)c(Cl)c1CN1CCCN(C(=O)c2cncn2C)CC1. The third-order valence-corrected chi connectivity index (χ3v) is 5.25. The van der Waals surface area contributed by atoms with Gasteiger partial charge < -0.3 is 9.47 Å². The van der Waals surface area contributed by atoms with Crippen molar-refractivity contribution in [3.63, 3.8) is 0 Å². The Morgan fingerprint density at radius 3 is 2.72 bits per heavy atom. The van der Waals surface area contributed by atoms with Gasteiger partial charge in [0.1, 0.15) is 10.8 Å². The number of nitrogens with zero attached hydrogens (tertiary/aromatic N) is 6. The van der Waals surface area contributed by atoms with E-state index in [2.05, 4.69) is 21.9 Å². The summed E-state index contributed by atoms with van der Waals surface area (Å²) in [6, 6.07) is 0. The summed E-state index contributed by atoms with van der Waals surface area (Å²) in [4.78, 5) is 21.0. The topological polar surface area (TPSA) is 59.2 Å². The predicted molar refractivity (Wildman–Crippen MR) is 96.6 cm³/mol. The minimum Gasteiger partial charge on any atom is -0.336 e. The van der Waals surface area contributed by atoms with E-state index in [0.29, 0.717) is 17.4 Å². The molecule has 0 aliphatic carbocycles. The van der Waals surface area contributed by atoms with Crippen molar-refractivity contribution in [3.05, 3.63) is 34.6 Å². The van der Waals surface area contributed by atoms with Gasteiger partial charge in [-0.2, -0.15) is 5.10 Å². The Bertz CT molecular complexity index is 752. The maximum Gasteiger partial charge on any atom is 0.272 e. The normalized spacial score (nSPS) is 16.2. The molecule has 8 heteroatoms. The average molecular weight is 365 g/mol. The van der Waals surface area contributed by atoms with Crippen LogP contribution in [-0.2, 0) is 27.1 Å². The Morgan fingerprint density at radius 1 is 1.24 bits per heavy atom. The fraction of sp³-hybridized carbons (Fsp3) is 0.588. The van der Waals surface area contributed by atoms with Gasteiger partial charge in [-0.3, -0.25) is 14.4 Å². The van der Waals surface area contributed by atoms with Gasteiger partial charge in [0.25, 0.3) is 5.91 Å². The molecular weight excluding hydrogens is 340 g/mol. The van der Waals surface area contributed by atoms with Crippen molar-refractivity contribution < 1.29 is 4.79 Å². The largest absolute Gasteiger partial charge is 0.336 e. The van der Waals surface area contributed by atoms with E-state index >= 15 is 0 Å². The van der Waals surface area contributed by atoms with Crippen molar-refractivity contribution in [2.45, 2.75) is 26.3 Å². The van der Waals surface area contributed by atoms with Crippen LogP contribution in [0.25, 0.3) is 0 Å². The molecule has 136 valence electrons. The van der Waals surface area contributed by atoms with E-state index in [-0.39, 0.29) is 5.91 Å². The van der Waals surface area contributed by atoms with Crippen LogP contribution in [0.1, 0.15) is 35.1 Å². The number of imidazole rings is 1. The molecule has 25 heavy (non-hydrogen) atoms. The molecule has 0 aromatic carbocycles. The van der Waals surface area contributed by atoms with Gasteiger partial charge in [0, 0.05) is 52.4 Å². The summed E-state index contributed by atoms with van der Waals surface area (Å²) in [5, 5.41) is 5.20. The van der Waals surface area contributed by atoms with E-state index in [1.807, 2.05) is 19.0 Å². The standard InChI is InChI=1S/C17H25ClN6O/c1-4-14-13(16(18)22(3)20-14)11-23-6-5-7-24(9-8-23)17(25)15-10-19-12-21(15)2/h10,12H,4-9,11H2,1-3H3. The first-order valence-electron chi connectivity index (χ1n) is 8.69. The second-order valence-electron chi connectivity index (χ2n) is 6.50. The molecule has 0 unspecified atom stereocenters. The molecule has 1 fully saturated rings. The third-order valence-electron chi connectivity index (χ3n) is 4.78. The zero-order chi connectivity index (χ0) is 18.0. The summed E-state index contributed by atoms with van der Waals surface area (Å²) in [5.74, 6) is 0.0514. The summed E-state index contributed by atoms with van der Waals surface area (Å²) in [5.41, 5.74) is 2.80. The number of carbonyl (C=O) groups excluding carboxylic acids is 1. The highest BCUT2D eigenvalue weighted by molar-refractivity contribution is 6.30. The van der Waals surface area contributed by atoms with Gasteiger partial charge in [-0.05, 0) is 12.8 Å². The molecule has 0 N–H and O–H groups in total. The summed E-state index contributed by atoms with van der Waals surface area (Å²) >= 11 is 6.42. The number of aromatic nitrogens is 4. The van der Waals surface area contributed by atoms with Crippen molar-refractivity contribution in [3.8, 4) is 0 Å². The number of carbonyl (C=O) groups is 1. The highest BCUT2D eigenvalue weighted by Crippen LogP contribution is 2.22. The molecule has 1 aliphatic rings. The van der Waals surface area contributed by atoms with Crippen LogP contribution in [0.15, 0.2) is 12.5 Å². The molecule has 3 rings (SSSR count). The van der Waals surface area contributed by atoms with E-state index in [9.17, 15) is 4.79 Å². The molecule has 2 aromatic rings. The van der Waals surface area contributed by atoms with Crippen LogP contribution in [0, 0.1) is 0 Å². The lowest BCUT2D eigenvalue weighted by atomic mass is 10.2. The minimum atomic E-state index is 0.0514. The summed E-state index contributed by atoms with van der Waals surface area (Å²) < 4.78 is 3.51. The highest BCUT2D eigenvalue weighted by atomic mass is 35.5. The molecule has 1 aliphatic heterocycles. The third kappa shape index (κ3) is 3.72. The number of aryl methyl sites for hydroxylation is 3. The van der Waals surface area contributed by atoms with Gasteiger partial charge in [0.05, 0.1) is 18.2 Å². The Balaban J connectivity index is 1.66. The van der Waals surface area contributed by atoms with Crippen molar-refractivity contribution >= 4 is 17.5 Å². The average Bonchev–Trinajstić information content (AvgIpc) is 3.03. The lowest BCUT2D eigenvalue weighted by Gasteiger charge is -2.22. The van der Waals surface area contributed by atoms with Gasteiger partial charge in [0.2, 0.25) is 0 Å². The van der Waals surface area contributed by atoms with Crippen LogP contribution in [0.3, 0.4) is 0 Å². The van der Waals surface area contributed by atoms with Crippen LogP contribution in [-0.4, -0.2) is 61.2 Å². The van der Waals surface area contributed by atoms with Crippen LogP contribution in [0.4, 0.5) is 0 Å². The second-order valence-corrected chi connectivity index (χ2v) is 6.86. The maximum absolute atomic E-state index is 12.7. The monoisotopic (exact) mass is 364 g/mol. The van der Waals surface area contributed by atoms with Crippen molar-refractivity contribution in [2.24, 2.45) is 14.1 Å². The summed E-state index contributed by atoms with van der Waals surface area (Å²) in [6.07, 6.45) is 5.11. The first-order chi connectivity index (χ1) is 12.0. The minimum absolute atomic E-state index is 0.0514. The van der Waals surface area contributed by atoms with E-state index in [0.717, 1.165) is 50.3 Å². The van der Waals surface area contributed by atoms with E-state index in [4.69, 9.17) is 11.6 Å². The molecule has 2 aromatic heterocycles. The Hall–Kier alpha value is -1.86. The summed E-state index contributed by atoms with van der Waals surface area (Å²) in [7, 11) is 3.72. The van der Waals surface area contributed by atoms with Crippen molar-refractivity contribution in [1.29, 1.82) is 0 Å². The smallest absolute Gasteiger partial charge is 0.272 e. The lowest BCUT2D eigenvalue weighted by Crippen LogP contribution is -2.36. The lowest BCUT2D eigenvalue weighted by molar-refractivity contribution is 0.0751. The van der Waals surface area contributed by atoms with Crippen LogP contribution < -0.4 is 0 Å². The Morgan fingerprint density at radius 2 is 2.04 bits per heavy atom. The van der Waals surface area contributed by atoms with Crippen molar-refractivity contribution in [2.75, 3.05) is 26.2 Å². The predicted octanol–water partition coefficient (Wildman–Crippen LogP) is 1.72. The molecule has 1 amide bonds. The van der Waals surface area contributed by atoms with Crippen LogP contribution >= 0.6 is 11.6 Å².